The van der Waals surface area contributed by atoms with Gasteiger partial charge in [0.25, 0.3) is 11.5 Å². The fourth-order valence-corrected chi connectivity index (χ4v) is 4.42. The predicted molar refractivity (Wildman–Crippen MR) is 118 cm³/mol. The van der Waals surface area contributed by atoms with Gasteiger partial charge in [-0.05, 0) is 50.2 Å². The molecule has 0 spiro atoms. The fraction of sp³-hybridized carbons (Fsp3) is 0.261. The predicted octanol–water partition coefficient (Wildman–Crippen LogP) is 3.91. The van der Waals surface area contributed by atoms with E-state index in [0.717, 1.165) is 43.8 Å². The van der Waals surface area contributed by atoms with Gasteiger partial charge in [0.2, 0.25) is 0 Å². The number of alkyl halides is 3. The lowest BCUT2D eigenvalue weighted by Crippen LogP contribution is -2.28. The van der Waals surface area contributed by atoms with E-state index in [1.165, 1.54) is 18.2 Å². The van der Waals surface area contributed by atoms with E-state index in [2.05, 4.69) is 20.7 Å². The number of hydrogen-bond donors (Lipinski definition) is 3. The summed E-state index contributed by atoms with van der Waals surface area (Å²) < 4.78 is 41.8. The molecule has 10 heteroatoms. The number of rotatable bonds is 3. The van der Waals surface area contributed by atoms with Crippen LogP contribution in [0, 0.1) is 0 Å². The SMILES string of the molecule is O=C(Nc1cccc2nn3c(C4CCNCC4)cc(=O)[nH]c3c12)c1ccccc1C(F)(F)F. The van der Waals surface area contributed by atoms with Crippen LogP contribution in [-0.2, 0) is 6.18 Å². The number of aromatic amines is 1. The monoisotopic (exact) mass is 455 g/mol. The number of aromatic nitrogens is 3. The van der Waals surface area contributed by atoms with Crippen LogP contribution in [0.1, 0.15) is 40.4 Å². The molecule has 5 rings (SSSR count). The number of nitrogens with zero attached hydrogens (tertiary/aromatic N) is 2. The summed E-state index contributed by atoms with van der Waals surface area (Å²) >= 11 is 0. The highest BCUT2D eigenvalue weighted by Crippen LogP contribution is 2.34. The summed E-state index contributed by atoms with van der Waals surface area (Å²) in [6.45, 7) is 1.67. The molecule has 0 bridgehead atoms. The van der Waals surface area contributed by atoms with Gasteiger partial charge in [0.05, 0.1) is 33.4 Å². The van der Waals surface area contributed by atoms with E-state index in [9.17, 15) is 22.8 Å². The molecule has 170 valence electrons. The maximum absolute atomic E-state index is 13.4. The fourth-order valence-electron chi connectivity index (χ4n) is 4.42. The van der Waals surface area contributed by atoms with Gasteiger partial charge in [0.1, 0.15) is 5.65 Å². The number of benzene rings is 2. The Kier molecular flexibility index (Phi) is 5.16. The maximum atomic E-state index is 13.4. The second-order valence-electron chi connectivity index (χ2n) is 8.04. The Hall–Kier alpha value is -3.66. The molecular formula is C23H20F3N5O2. The Morgan fingerprint density at radius 1 is 1.09 bits per heavy atom. The van der Waals surface area contributed by atoms with E-state index in [1.54, 1.807) is 22.7 Å². The Morgan fingerprint density at radius 2 is 1.85 bits per heavy atom. The molecule has 1 aliphatic heterocycles. The number of anilines is 1. The van der Waals surface area contributed by atoms with Gasteiger partial charge >= 0.3 is 6.18 Å². The first-order valence-corrected chi connectivity index (χ1v) is 10.6. The number of H-pyrrole nitrogens is 1. The van der Waals surface area contributed by atoms with Crippen LogP contribution in [0.25, 0.3) is 16.6 Å². The van der Waals surface area contributed by atoms with Crippen molar-refractivity contribution in [2.45, 2.75) is 24.9 Å². The van der Waals surface area contributed by atoms with E-state index in [-0.39, 0.29) is 17.2 Å². The molecule has 3 N–H and O–H groups in total. The van der Waals surface area contributed by atoms with Crippen molar-refractivity contribution in [3.8, 4) is 0 Å². The third-order valence-electron chi connectivity index (χ3n) is 5.95. The van der Waals surface area contributed by atoms with Crippen LogP contribution in [0.3, 0.4) is 0 Å². The Balaban J connectivity index is 1.62. The second-order valence-corrected chi connectivity index (χ2v) is 8.04. The lowest BCUT2D eigenvalue weighted by atomic mass is 9.94. The number of piperidine rings is 1. The zero-order chi connectivity index (χ0) is 23.2. The quantitative estimate of drug-likeness (QED) is 0.437. The smallest absolute Gasteiger partial charge is 0.321 e. The van der Waals surface area contributed by atoms with Crippen LogP contribution in [0.5, 0.6) is 0 Å². The number of carbonyl (C=O) groups is 1. The van der Waals surface area contributed by atoms with E-state index in [0.29, 0.717) is 16.6 Å². The van der Waals surface area contributed by atoms with Crippen molar-refractivity contribution in [1.29, 1.82) is 0 Å². The highest BCUT2D eigenvalue weighted by molar-refractivity contribution is 6.12. The van der Waals surface area contributed by atoms with Gasteiger partial charge in [-0.15, -0.1) is 0 Å². The minimum absolute atomic E-state index is 0.141. The minimum atomic E-state index is -4.67. The first kappa shape index (κ1) is 21.2. The van der Waals surface area contributed by atoms with Gasteiger partial charge in [0.15, 0.2) is 0 Å². The average molecular weight is 455 g/mol. The molecule has 1 aliphatic rings. The van der Waals surface area contributed by atoms with Crippen molar-refractivity contribution in [3.05, 3.63) is 75.7 Å². The van der Waals surface area contributed by atoms with Crippen molar-refractivity contribution < 1.29 is 18.0 Å². The van der Waals surface area contributed by atoms with Crippen LogP contribution in [0.4, 0.5) is 18.9 Å². The van der Waals surface area contributed by atoms with E-state index >= 15 is 0 Å². The summed E-state index contributed by atoms with van der Waals surface area (Å²) in [4.78, 5) is 28.1. The molecule has 33 heavy (non-hydrogen) atoms. The van der Waals surface area contributed by atoms with Gasteiger partial charge in [-0.25, -0.2) is 4.52 Å². The van der Waals surface area contributed by atoms with Crippen LogP contribution in [-0.4, -0.2) is 33.6 Å². The number of hydrogen-bond acceptors (Lipinski definition) is 4. The number of fused-ring (bicyclic) bond motifs is 3. The molecule has 0 radical (unpaired) electrons. The molecule has 3 heterocycles. The largest absolute Gasteiger partial charge is 0.417 e. The summed E-state index contributed by atoms with van der Waals surface area (Å²) in [6, 6.07) is 11.1. The van der Waals surface area contributed by atoms with E-state index in [1.807, 2.05) is 0 Å². The molecule has 0 unspecified atom stereocenters. The third-order valence-corrected chi connectivity index (χ3v) is 5.95. The second kappa shape index (κ2) is 8.04. The number of amides is 1. The number of nitrogens with one attached hydrogen (secondary N) is 3. The van der Waals surface area contributed by atoms with Crippen LogP contribution in [0.2, 0.25) is 0 Å². The molecule has 7 nitrogen and oxygen atoms in total. The molecule has 1 fully saturated rings. The molecule has 1 amide bonds. The molecule has 0 saturated carbocycles. The van der Waals surface area contributed by atoms with E-state index in [4.69, 9.17) is 0 Å². The van der Waals surface area contributed by atoms with Crippen molar-refractivity contribution >= 4 is 28.1 Å². The zero-order valence-corrected chi connectivity index (χ0v) is 17.4. The molecule has 1 saturated heterocycles. The van der Waals surface area contributed by atoms with Gasteiger partial charge in [-0.1, -0.05) is 18.2 Å². The van der Waals surface area contributed by atoms with Gasteiger partial charge in [0, 0.05) is 12.0 Å². The molecular weight excluding hydrogens is 435 g/mol. The van der Waals surface area contributed by atoms with Crippen LogP contribution >= 0.6 is 0 Å². The maximum Gasteiger partial charge on any atom is 0.417 e. The summed E-state index contributed by atoms with van der Waals surface area (Å²) in [5.74, 6) is -0.756. The highest BCUT2D eigenvalue weighted by Gasteiger charge is 2.35. The highest BCUT2D eigenvalue weighted by atomic mass is 19.4. The summed E-state index contributed by atoms with van der Waals surface area (Å²) in [5, 5.41) is 11.0. The van der Waals surface area contributed by atoms with Crippen LogP contribution in [0.15, 0.2) is 53.3 Å². The van der Waals surface area contributed by atoms with Crippen LogP contribution < -0.4 is 16.2 Å². The van der Waals surface area contributed by atoms with Crippen molar-refractivity contribution in [2.75, 3.05) is 18.4 Å². The number of halogens is 3. The first-order valence-electron chi connectivity index (χ1n) is 10.6. The summed E-state index contributed by atoms with van der Waals surface area (Å²) in [6.07, 6.45) is -2.96. The standard InChI is InChI=1S/C23H20F3N5O2/c24-23(25,26)15-5-2-1-4-14(15)22(33)28-16-6-3-7-17-20(16)21-29-19(32)12-18(31(21)30-17)13-8-10-27-11-9-13/h1-7,12-13,27H,8-11H2,(H,28,33)(H,29,32). The lowest BCUT2D eigenvalue weighted by Gasteiger charge is -2.23. The van der Waals surface area contributed by atoms with Gasteiger partial charge in [-0.2, -0.15) is 18.3 Å². The van der Waals surface area contributed by atoms with Gasteiger partial charge < -0.3 is 15.6 Å². The van der Waals surface area contributed by atoms with E-state index < -0.39 is 23.2 Å². The molecule has 2 aromatic carbocycles. The summed E-state index contributed by atoms with van der Waals surface area (Å²) in [7, 11) is 0. The third kappa shape index (κ3) is 3.86. The topological polar surface area (TPSA) is 91.3 Å². The van der Waals surface area contributed by atoms with Gasteiger partial charge in [-0.3, -0.25) is 9.59 Å². The molecule has 0 aliphatic carbocycles. The Bertz CT molecular complexity index is 1420. The summed E-state index contributed by atoms with van der Waals surface area (Å²) in [5.41, 5.74) is 0.133. The number of carbonyl (C=O) groups excluding carboxylic acids is 1. The zero-order valence-electron chi connectivity index (χ0n) is 17.4. The first-order chi connectivity index (χ1) is 15.8. The molecule has 4 aromatic rings. The Labute approximate surface area is 185 Å². The molecule has 2 aromatic heterocycles. The lowest BCUT2D eigenvalue weighted by molar-refractivity contribution is -0.137. The Morgan fingerprint density at radius 3 is 2.61 bits per heavy atom. The van der Waals surface area contributed by atoms with Crippen molar-refractivity contribution in [3.63, 3.8) is 0 Å². The van der Waals surface area contributed by atoms with Crippen molar-refractivity contribution in [1.82, 2.24) is 19.9 Å². The average Bonchev–Trinajstić information content (AvgIpc) is 3.18. The van der Waals surface area contributed by atoms with Crippen molar-refractivity contribution in [2.24, 2.45) is 0 Å². The minimum Gasteiger partial charge on any atom is -0.321 e. The normalized spacial score (nSPS) is 15.2. The molecule has 0 atom stereocenters.